The molecule has 0 unspecified atom stereocenters. The van der Waals surface area contributed by atoms with Gasteiger partial charge in [-0.05, 0) is 17.7 Å². The summed E-state index contributed by atoms with van der Waals surface area (Å²) in [6, 6.07) is 4.61. The molecule has 0 saturated heterocycles. The van der Waals surface area contributed by atoms with E-state index in [0.717, 1.165) is 0 Å². The summed E-state index contributed by atoms with van der Waals surface area (Å²) in [5.41, 5.74) is -6.92. The Bertz CT molecular complexity index is 792. The van der Waals surface area contributed by atoms with Crippen molar-refractivity contribution in [1.29, 1.82) is 0 Å². The summed E-state index contributed by atoms with van der Waals surface area (Å²) >= 11 is 0. The van der Waals surface area contributed by atoms with Crippen molar-refractivity contribution in [1.82, 2.24) is 0 Å². The molecule has 0 nitrogen and oxygen atoms in total. The molecule has 0 fully saturated rings. The minimum Gasteiger partial charge on any atom is -0.166 e. The lowest BCUT2D eigenvalue weighted by molar-refractivity contribution is -0.147. The summed E-state index contributed by atoms with van der Waals surface area (Å²) in [6.45, 7) is 3.46. The van der Waals surface area contributed by atoms with Gasteiger partial charge in [0.25, 0.3) is 0 Å². The molecule has 0 atom stereocenters. The van der Waals surface area contributed by atoms with Crippen molar-refractivity contribution in [3.63, 3.8) is 0 Å². The zero-order valence-corrected chi connectivity index (χ0v) is 13.2. The molecule has 0 saturated carbocycles. The molecule has 0 aromatic heterocycles. The lowest BCUT2D eigenvalue weighted by atomic mass is 9.60. The smallest absolute Gasteiger partial charge is 0.166 e. The lowest BCUT2D eigenvalue weighted by Gasteiger charge is -2.21. The molecular formula is C17H9BF9. The molecule has 0 aliphatic rings. The molecule has 0 spiro atoms. The van der Waals surface area contributed by atoms with Crippen LogP contribution in [0.5, 0.6) is 0 Å². The molecule has 143 valence electrons. The predicted molar refractivity (Wildman–Crippen MR) is 83.0 cm³/mol. The Labute approximate surface area is 148 Å². The van der Waals surface area contributed by atoms with Gasteiger partial charge in [0.2, 0.25) is 0 Å². The van der Waals surface area contributed by atoms with Crippen molar-refractivity contribution in [2.24, 2.45) is 0 Å². The van der Waals surface area contributed by atoms with Crippen LogP contribution in [-0.2, 0) is 18.5 Å². The van der Waals surface area contributed by atoms with Crippen LogP contribution in [0.2, 0.25) is 0 Å². The third kappa shape index (κ3) is 4.87. The number of benzene rings is 2. The van der Waals surface area contributed by atoms with Gasteiger partial charge in [0.05, 0.1) is 16.7 Å². The standard InChI is InChI=1S/C17H9BF9/c1-2-9-3-5-11(6-4-9)18-14-12(16(22,23)24)7-10(15(19,20)21)8-13(14)17(25,26)27/h2-8H,1H2. The molecule has 0 aliphatic carbocycles. The normalized spacial score (nSPS) is 12.8. The summed E-state index contributed by atoms with van der Waals surface area (Å²) in [5, 5.41) is 0. The first kappa shape index (κ1) is 20.9. The zero-order chi connectivity index (χ0) is 20.6. The quantitative estimate of drug-likeness (QED) is 0.505. The van der Waals surface area contributed by atoms with Gasteiger partial charge in [-0.3, -0.25) is 0 Å². The maximum Gasteiger partial charge on any atom is 0.416 e. The highest BCUT2D eigenvalue weighted by Crippen LogP contribution is 2.39. The fourth-order valence-corrected chi connectivity index (χ4v) is 2.34. The Kier molecular flexibility index (Phi) is 5.40. The molecule has 2 rings (SSSR count). The maximum absolute atomic E-state index is 13.2. The third-order valence-corrected chi connectivity index (χ3v) is 3.60. The molecule has 1 radical (unpaired) electrons. The Hall–Kier alpha value is -2.39. The Balaban J connectivity index is 2.73. The molecular weight excluding hydrogens is 386 g/mol. The molecule has 0 bridgehead atoms. The number of hydrogen-bond acceptors (Lipinski definition) is 0. The minimum atomic E-state index is -5.42. The van der Waals surface area contributed by atoms with Crippen LogP contribution in [0, 0.1) is 0 Å². The van der Waals surface area contributed by atoms with Crippen LogP contribution in [0.25, 0.3) is 6.08 Å². The van der Waals surface area contributed by atoms with E-state index in [-0.39, 0.29) is 17.6 Å². The highest BCUT2D eigenvalue weighted by Gasteiger charge is 2.44. The monoisotopic (exact) mass is 395 g/mol. The number of rotatable bonds is 3. The van der Waals surface area contributed by atoms with Crippen molar-refractivity contribution < 1.29 is 39.5 Å². The Morgan fingerprint density at radius 3 is 1.48 bits per heavy atom. The van der Waals surface area contributed by atoms with E-state index in [1.54, 1.807) is 0 Å². The van der Waals surface area contributed by atoms with Crippen LogP contribution < -0.4 is 10.9 Å². The van der Waals surface area contributed by atoms with Gasteiger partial charge in [-0.15, -0.1) is 0 Å². The number of hydrogen-bond donors (Lipinski definition) is 0. The van der Waals surface area contributed by atoms with Crippen LogP contribution in [0.15, 0.2) is 43.0 Å². The van der Waals surface area contributed by atoms with Crippen LogP contribution >= 0.6 is 0 Å². The largest absolute Gasteiger partial charge is 0.416 e. The van der Waals surface area contributed by atoms with Crippen LogP contribution in [0.1, 0.15) is 22.3 Å². The first-order chi connectivity index (χ1) is 12.2. The predicted octanol–water partition coefficient (Wildman–Crippen LogP) is 5.04. The van der Waals surface area contributed by atoms with Crippen molar-refractivity contribution in [2.45, 2.75) is 18.5 Å². The maximum atomic E-state index is 13.2. The third-order valence-electron chi connectivity index (χ3n) is 3.60. The van der Waals surface area contributed by atoms with Gasteiger partial charge in [0.15, 0.2) is 7.28 Å². The summed E-state index contributed by atoms with van der Waals surface area (Å²) < 4.78 is 118. The Morgan fingerprint density at radius 1 is 0.704 bits per heavy atom. The average Bonchev–Trinajstić information content (AvgIpc) is 2.52. The molecule has 10 heteroatoms. The van der Waals surface area contributed by atoms with Crippen LogP contribution in [-0.4, -0.2) is 7.28 Å². The molecule has 2 aromatic rings. The molecule has 0 heterocycles. The minimum absolute atomic E-state index is 0.0450. The van der Waals surface area contributed by atoms with Crippen molar-refractivity contribution >= 4 is 24.3 Å². The summed E-state index contributed by atoms with van der Waals surface area (Å²) in [7, 11) is 0.554. The van der Waals surface area contributed by atoms with Gasteiger partial charge in [0.1, 0.15) is 0 Å². The van der Waals surface area contributed by atoms with Gasteiger partial charge in [-0.2, -0.15) is 39.5 Å². The summed E-state index contributed by atoms with van der Waals surface area (Å²) in [4.78, 5) is 0. The van der Waals surface area contributed by atoms with E-state index >= 15 is 0 Å². The first-order valence-corrected chi connectivity index (χ1v) is 7.20. The van der Waals surface area contributed by atoms with E-state index in [9.17, 15) is 39.5 Å². The van der Waals surface area contributed by atoms with E-state index in [2.05, 4.69) is 6.58 Å². The van der Waals surface area contributed by atoms with Crippen molar-refractivity contribution in [2.75, 3.05) is 0 Å². The average molecular weight is 395 g/mol. The van der Waals surface area contributed by atoms with Gasteiger partial charge < -0.3 is 0 Å². The van der Waals surface area contributed by atoms with Gasteiger partial charge in [0, 0.05) is 0 Å². The zero-order valence-electron chi connectivity index (χ0n) is 13.2. The lowest BCUT2D eigenvalue weighted by Crippen LogP contribution is -2.39. The molecule has 0 N–H and O–H groups in total. The van der Waals surface area contributed by atoms with E-state index in [1.807, 2.05) is 0 Å². The van der Waals surface area contributed by atoms with E-state index in [1.165, 1.54) is 30.3 Å². The van der Waals surface area contributed by atoms with Gasteiger partial charge in [-0.1, -0.05) is 47.8 Å². The summed E-state index contributed by atoms with van der Waals surface area (Å²) in [6.07, 6.45) is -14.8. The highest BCUT2D eigenvalue weighted by molar-refractivity contribution is 6.68. The van der Waals surface area contributed by atoms with Crippen LogP contribution in [0.4, 0.5) is 39.5 Å². The van der Waals surface area contributed by atoms with Gasteiger partial charge in [-0.25, -0.2) is 0 Å². The number of halogens is 9. The molecule has 27 heavy (non-hydrogen) atoms. The second-order valence-corrected chi connectivity index (χ2v) is 5.49. The van der Waals surface area contributed by atoms with Crippen molar-refractivity contribution in [3.8, 4) is 0 Å². The van der Waals surface area contributed by atoms with E-state index in [0.29, 0.717) is 12.8 Å². The second-order valence-electron chi connectivity index (χ2n) is 5.49. The van der Waals surface area contributed by atoms with Crippen LogP contribution in [0.3, 0.4) is 0 Å². The SMILES string of the molecule is C=Cc1ccc([B]c2c(C(F)(F)F)cc(C(F)(F)F)cc2C(F)(F)F)cc1. The Morgan fingerprint density at radius 2 is 1.15 bits per heavy atom. The van der Waals surface area contributed by atoms with E-state index < -0.39 is 40.7 Å². The topological polar surface area (TPSA) is 0 Å². The highest BCUT2D eigenvalue weighted by atomic mass is 19.4. The fourth-order valence-electron chi connectivity index (χ4n) is 2.34. The molecule has 0 aliphatic heterocycles. The second kappa shape index (κ2) is 6.97. The summed E-state index contributed by atoms with van der Waals surface area (Å²) in [5.74, 6) is 0. The fraction of sp³-hybridized carbons (Fsp3) is 0.176. The molecule has 0 amide bonds. The first-order valence-electron chi connectivity index (χ1n) is 7.20. The van der Waals surface area contributed by atoms with Gasteiger partial charge >= 0.3 is 18.5 Å². The van der Waals surface area contributed by atoms with Crippen molar-refractivity contribution in [3.05, 3.63) is 65.2 Å². The number of alkyl halides is 9. The van der Waals surface area contributed by atoms with E-state index in [4.69, 9.17) is 0 Å². The molecule has 2 aromatic carbocycles.